The molecule has 176 valence electrons. The molecule has 1 N–H and O–H groups in total. The van der Waals surface area contributed by atoms with Crippen LogP contribution >= 0.6 is 0 Å². The molecule has 0 spiro atoms. The number of rotatable bonds is 6. The second kappa shape index (κ2) is 10.1. The van der Waals surface area contributed by atoms with Gasteiger partial charge < -0.3 is 15.0 Å². The molecule has 0 fully saturated rings. The quantitative estimate of drug-likeness (QED) is 0.539. The van der Waals surface area contributed by atoms with Crippen molar-refractivity contribution in [1.82, 2.24) is 4.90 Å². The van der Waals surface area contributed by atoms with Crippen LogP contribution in [0.1, 0.15) is 43.5 Å². The third-order valence-electron chi connectivity index (χ3n) is 6.03. The maximum Gasteiger partial charge on any atom is 0.265 e. The van der Waals surface area contributed by atoms with Crippen LogP contribution in [-0.4, -0.2) is 29.4 Å². The zero-order chi connectivity index (χ0) is 24.2. The van der Waals surface area contributed by atoms with E-state index < -0.39 is 6.10 Å². The van der Waals surface area contributed by atoms with Gasteiger partial charge in [0.15, 0.2) is 6.10 Å². The van der Waals surface area contributed by atoms with E-state index in [0.29, 0.717) is 18.0 Å². The molecule has 1 aliphatic rings. The summed E-state index contributed by atoms with van der Waals surface area (Å²) in [5, 5.41) is 2.74. The molecule has 3 aromatic rings. The highest BCUT2D eigenvalue weighted by molar-refractivity contribution is 5.94. The van der Waals surface area contributed by atoms with Gasteiger partial charge in [0.05, 0.1) is 6.04 Å². The summed E-state index contributed by atoms with van der Waals surface area (Å²) in [7, 11) is 0. The number of nitrogens with zero attached hydrogens (tertiary/aromatic N) is 1. The van der Waals surface area contributed by atoms with Crippen LogP contribution in [0.2, 0.25) is 0 Å². The Morgan fingerprint density at radius 3 is 2.38 bits per heavy atom. The van der Waals surface area contributed by atoms with Gasteiger partial charge in [0.1, 0.15) is 11.6 Å². The average molecular weight is 461 g/mol. The Balaban J connectivity index is 1.59. The summed E-state index contributed by atoms with van der Waals surface area (Å²) in [6, 6.07) is 21.2. The highest BCUT2D eigenvalue weighted by atomic mass is 19.1. The number of carbonyl (C=O) groups is 2. The molecular formula is C28H29FN2O3. The molecule has 2 unspecified atom stereocenters. The molecular weight excluding hydrogens is 431 g/mol. The summed E-state index contributed by atoms with van der Waals surface area (Å²) in [4.78, 5) is 27.6. The van der Waals surface area contributed by atoms with E-state index in [0.717, 1.165) is 23.1 Å². The zero-order valence-electron chi connectivity index (χ0n) is 19.6. The normalized spacial score (nSPS) is 16.0. The minimum absolute atomic E-state index is 0.109. The van der Waals surface area contributed by atoms with Gasteiger partial charge in [-0.25, -0.2) is 4.39 Å². The Bertz CT molecular complexity index is 1160. The number of halogens is 1. The summed E-state index contributed by atoms with van der Waals surface area (Å²) < 4.78 is 19.1. The highest BCUT2D eigenvalue weighted by Crippen LogP contribution is 2.38. The smallest absolute Gasteiger partial charge is 0.265 e. The third-order valence-corrected chi connectivity index (χ3v) is 6.03. The molecule has 3 aromatic carbocycles. The van der Waals surface area contributed by atoms with E-state index in [1.54, 1.807) is 6.92 Å². The predicted octanol–water partition coefficient (Wildman–Crippen LogP) is 5.36. The van der Waals surface area contributed by atoms with Crippen LogP contribution in [0.4, 0.5) is 10.1 Å². The summed E-state index contributed by atoms with van der Waals surface area (Å²) in [6.07, 6.45) is -0.00635. The first-order valence-corrected chi connectivity index (χ1v) is 11.5. The van der Waals surface area contributed by atoms with E-state index in [4.69, 9.17) is 4.74 Å². The molecule has 2 amide bonds. The third kappa shape index (κ3) is 5.11. The number of ether oxygens (including phenoxy) is 1. The fourth-order valence-corrected chi connectivity index (χ4v) is 4.27. The van der Waals surface area contributed by atoms with Crippen molar-refractivity contribution in [3.8, 4) is 5.75 Å². The Morgan fingerprint density at radius 2 is 1.71 bits per heavy atom. The van der Waals surface area contributed by atoms with Crippen molar-refractivity contribution in [2.75, 3.05) is 11.9 Å². The summed E-state index contributed by atoms with van der Waals surface area (Å²) in [6.45, 7) is 6.16. The van der Waals surface area contributed by atoms with E-state index >= 15 is 0 Å². The number of anilines is 1. The van der Waals surface area contributed by atoms with Crippen LogP contribution in [0.15, 0.2) is 72.8 Å². The van der Waals surface area contributed by atoms with Crippen molar-refractivity contribution in [1.29, 1.82) is 0 Å². The fraction of sp³-hybridized carbons (Fsp3) is 0.286. The van der Waals surface area contributed by atoms with Gasteiger partial charge in [0, 0.05) is 18.2 Å². The monoisotopic (exact) mass is 460 g/mol. The molecule has 1 aliphatic heterocycles. The molecule has 0 aromatic heterocycles. The Kier molecular flexibility index (Phi) is 6.96. The van der Waals surface area contributed by atoms with Crippen molar-refractivity contribution < 1.29 is 18.7 Å². The van der Waals surface area contributed by atoms with Gasteiger partial charge in [-0.15, -0.1) is 0 Å². The molecule has 0 saturated carbocycles. The second-order valence-corrected chi connectivity index (χ2v) is 8.87. The first-order chi connectivity index (χ1) is 16.3. The first-order valence-electron chi connectivity index (χ1n) is 11.5. The molecule has 0 bridgehead atoms. The lowest BCUT2D eigenvalue weighted by atomic mass is 9.87. The van der Waals surface area contributed by atoms with Crippen molar-refractivity contribution in [3.63, 3.8) is 0 Å². The molecule has 0 saturated heterocycles. The fourth-order valence-electron chi connectivity index (χ4n) is 4.27. The SMILES string of the molecule is CC(C)C(=O)N1CCc2ccc(OC(C)C(=O)Nc3ccc(F)cc3)cc2C1c1ccccc1. The van der Waals surface area contributed by atoms with Crippen molar-refractivity contribution in [2.24, 2.45) is 5.92 Å². The van der Waals surface area contributed by atoms with Crippen molar-refractivity contribution >= 4 is 17.5 Å². The molecule has 5 nitrogen and oxygen atoms in total. The predicted molar refractivity (Wildman–Crippen MR) is 130 cm³/mol. The Hall–Kier alpha value is -3.67. The first kappa shape index (κ1) is 23.5. The number of hydrogen-bond donors (Lipinski definition) is 1. The minimum atomic E-state index is -0.768. The van der Waals surface area contributed by atoms with Crippen LogP contribution in [0.25, 0.3) is 0 Å². The molecule has 34 heavy (non-hydrogen) atoms. The topological polar surface area (TPSA) is 58.6 Å². The maximum atomic E-state index is 13.1. The lowest BCUT2D eigenvalue weighted by Gasteiger charge is -2.39. The van der Waals surface area contributed by atoms with Gasteiger partial charge in [-0.05, 0) is 66.4 Å². The van der Waals surface area contributed by atoms with E-state index in [9.17, 15) is 14.0 Å². The van der Waals surface area contributed by atoms with Crippen LogP contribution in [-0.2, 0) is 16.0 Å². The second-order valence-electron chi connectivity index (χ2n) is 8.87. The molecule has 1 heterocycles. The van der Waals surface area contributed by atoms with Crippen molar-refractivity contribution in [2.45, 2.75) is 39.3 Å². The number of carbonyl (C=O) groups excluding carboxylic acids is 2. The van der Waals surface area contributed by atoms with E-state index in [1.165, 1.54) is 24.3 Å². The number of nitrogens with one attached hydrogen (secondary N) is 1. The lowest BCUT2D eigenvalue weighted by molar-refractivity contribution is -0.136. The minimum Gasteiger partial charge on any atom is -0.481 e. The summed E-state index contributed by atoms with van der Waals surface area (Å²) in [5.41, 5.74) is 3.71. The Labute approximate surface area is 199 Å². The van der Waals surface area contributed by atoms with Crippen LogP contribution in [0.5, 0.6) is 5.75 Å². The highest BCUT2D eigenvalue weighted by Gasteiger charge is 2.33. The van der Waals surface area contributed by atoms with Gasteiger partial charge in [-0.2, -0.15) is 0 Å². The largest absolute Gasteiger partial charge is 0.481 e. The summed E-state index contributed by atoms with van der Waals surface area (Å²) >= 11 is 0. The number of amides is 2. The number of fused-ring (bicyclic) bond motifs is 1. The lowest BCUT2D eigenvalue weighted by Crippen LogP contribution is -2.42. The molecule has 2 atom stereocenters. The Morgan fingerprint density at radius 1 is 1.00 bits per heavy atom. The maximum absolute atomic E-state index is 13.1. The molecule has 4 rings (SSSR count). The van der Waals surface area contributed by atoms with Gasteiger partial charge in [-0.3, -0.25) is 9.59 Å². The molecule has 0 aliphatic carbocycles. The van der Waals surface area contributed by atoms with Crippen molar-refractivity contribution in [3.05, 3.63) is 95.3 Å². The average Bonchev–Trinajstić information content (AvgIpc) is 2.84. The van der Waals surface area contributed by atoms with Crippen LogP contribution in [0, 0.1) is 11.7 Å². The number of hydrogen-bond acceptors (Lipinski definition) is 3. The van der Waals surface area contributed by atoms with E-state index in [1.807, 2.05) is 67.3 Å². The van der Waals surface area contributed by atoms with Gasteiger partial charge in [0.25, 0.3) is 5.91 Å². The van der Waals surface area contributed by atoms with Gasteiger partial charge in [0.2, 0.25) is 5.91 Å². The van der Waals surface area contributed by atoms with E-state index in [-0.39, 0.29) is 29.6 Å². The number of benzene rings is 3. The van der Waals surface area contributed by atoms with Gasteiger partial charge in [-0.1, -0.05) is 50.2 Å². The van der Waals surface area contributed by atoms with Crippen LogP contribution < -0.4 is 10.1 Å². The molecule has 0 radical (unpaired) electrons. The zero-order valence-corrected chi connectivity index (χ0v) is 19.6. The standard InChI is InChI=1S/C28H29FN2O3/c1-18(2)28(33)31-16-15-20-9-14-24(17-25(20)26(31)21-7-5-4-6-8-21)34-19(3)27(32)30-23-12-10-22(29)11-13-23/h4-14,17-19,26H,15-16H2,1-3H3,(H,30,32). The van der Waals surface area contributed by atoms with E-state index in [2.05, 4.69) is 5.32 Å². The summed E-state index contributed by atoms with van der Waals surface area (Å²) in [5.74, 6) is -0.143. The van der Waals surface area contributed by atoms with Crippen LogP contribution in [0.3, 0.4) is 0 Å². The molecule has 6 heteroatoms. The van der Waals surface area contributed by atoms with Gasteiger partial charge >= 0.3 is 0 Å².